The van der Waals surface area contributed by atoms with Gasteiger partial charge in [-0.05, 0) is 24.6 Å². The van der Waals surface area contributed by atoms with E-state index in [1.54, 1.807) is 0 Å². The summed E-state index contributed by atoms with van der Waals surface area (Å²) < 4.78 is 11.1. The lowest BCUT2D eigenvalue weighted by Gasteiger charge is -2.33. The van der Waals surface area contributed by atoms with Crippen molar-refractivity contribution in [2.75, 3.05) is 62.8 Å². The molecule has 0 saturated carbocycles. The average Bonchev–Trinajstić information content (AvgIpc) is 2.67. The predicted octanol–water partition coefficient (Wildman–Crippen LogP) is 2.23. The molecule has 1 amide bonds. The molecule has 1 aromatic carbocycles. The molecule has 2 fully saturated rings. The molecule has 0 radical (unpaired) electrons. The maximum atomic E-state index is 12.5. The van der Waals surface area contributed by atoms with Crippen molar-refractivity contribution in [3.8, 4) is 0 Å². The fourth-order valence-electron chi connectivity index (χ4n) is 3.21. The number of rotatable bonds is 5. The van der Waals surface area contributed by atoms with Crippen LogP contribution in [-0.4, -0.2) is 69.5 Å². The largest absolute Gasteiger partial charge is 0.378 e. The first-order chi connectivity index (χ1) is 12.2. The van der Waals surface area contributed by atoms with Gasteiger partial charge < -0.3 is 24.6 Å². The van der Waals surface area contributed by atoms with E-state index in [2.05, 4.69) is 17.1 Å². The number of carbonyl (C=O) groups excluding carboxylic acids is 1. The number of hydrogen-bond donors (Lipinski definition) is 1. The second-order valence-corrected chi connectivity index (χ2v) is 6.79. The van der Waals surface area contributed by atoms with Crippen molar-refractivity contribution in [3.05, 3.63) is 23.2 Å². The number of nitrogens with one attached hydrogen (secondary N) is 1. The Morgan fingerprint density at radius 1 is 1.28 bits per heavy atom. The lowest BCUT2D eigenvalue weighted by Crippen LogP contribution is -2.47. The minimum absolute atomic E-state index is 0.0923. The number of nitrogens with zero attached hydrogens (tertiary/aromatic N) is 2. The van der Waals surface area contributed by atoms with Gasteiger partial charge in [-0.15, -0.1) is 0 Å². The summed E-state index contributed by atoms with van der Waals surface area (Å²) in [6.45, 7) is 7.38. The number of morpholine rings is 2. The summed E-state index contributed by atoms with van der Waals surface area (Å²) in [4.78, 5) is 16.7. The molecule has 0 bridgehead atoms. The second kappa shape index (κ2) is 8.74. The summed E-state index contributed by atoms with van der Waals surface area (Å²) >= 11 is 6.16. The van der Waals surface area contributed by atoms with Gasteiger partial charge in [0.25, 0.3) is 0 Å². The van der Waals surface area contributed by atoms with E-state index in [0.29, 0.717) is 37.9 Å². The van der Waals surface area contributed by atoms with E-state index < -0.39 is 0 Å². The highest BCUT2D eigenvalue weighted by molar-refractivity contribution is 6.31. The molecule has 25 heavy (non-hydrogen) atoms. The minimum Gasteiger partial charge on any atom is -0.378 e. The van der Waals surface area contributed by atoms with Crippen LogP contribution in [0.5, 0.6) is 0 Å². The zero-order valence-corrected chi connectivity index (χ0v) is 15.4. The Labute approximate surface area is 154 Å². The highest BCUT2D eigenvalue weighted by atomic mass is 35.5. The molecule has 2 aliphatic rings. The molecule has 0 aromatic heterocycles. The molecule has 7 heteroatoms. The van der Waals surface area contributed by atoms with E-state index in [0.717, 1.165) is 30.9 Å². The molecule has 2 aliphatic heterocycles. The smallest absolute Gasteiger partial charge is 0.242 e. The summed E-state index contributed by atoms with van der Waals surface area (Å²) in [7, 11) is 0. The van der Waals surface area contributed by atoms with Crippen molar-refractivity contribution in [2.24, 2.45) is 0 Å². The first-order valence-corrected chi connectivity index (χ1v) is 9.30. The van der Waals surface area contributed by atoms with E-state index in [9.17, 15) is 4.79 Å². The molecular weight excluding hydrogens is 342 g/mol. The topological polar surface area (TPSA) is 54.0 Å². The predicted molar refractivity (Wildman–Crippen MR) is 99.6 cm³/mol. The van der Waals surface area contributed by atoms with Crippen molar-refractivity contribution in [2.45, 2.75) is 19.4 Å². The maximum Gasteiger partial charge on any atom is 0.242 e. The Kier molecular flexibility index (Phi) is 6.39. The molecule has 6 nitrogen and oxygen atoms in total. The third-order valence-electron chi connectivity index (χ3n) is 4.69. The monoisotopic (exact) mass is 367 g/mol. The van der Waals surface area contributed by atoms with E-state index in [-0.39, 0.29) is 18.6 Å². The molecule has 1 N–H and O–H groups in total. The van der Waals surface area contributed by atoms with Gasteiger partial charge in [-0.2, -0.15) is 0 Å². The van der Waals surface area contributed by atoms with Crippen molar-refractivity contribution < 1.29 is 14.3 Å². The summed E-state index contributed by atoms with van der Waals surface area (Å²) in [5.41, 5.74) is 1.96. The van der Waals surface area contributed by atoms with Gasteiger partial charge in [0.05, 0.1) is 43.8 Å². The van der Waals surface area contributed by atoms with E-state index in [4.69, 9.17) is 21.1 Å². The quantitative estimate of drug-likeness (QED) is 0.864. The minimum atomic E-state index is 0.0923. The summed E-state index contributed by atoms with van der Waals surface area (Å²) in [6.07, 6.45) is 1.07. The summed E-state index contributed by atoms with van der Waals surface area (Å²) in [5, 5.41) is 3.94. The first kappa shape index (κ1) is 18.3. The standard InChI is InChI=1S/C18H26ClN3O3/c1-2-15-13-22(7-10-25-15)18(23)12-20-16-11-14(19)3-4-17(16)21-5-8-24-9-6-21/h3-4,11,15,20H,2,5-10,12-13H2,1H3/t15-/m0/s1. The first-order valence-electron chi connectivity index (χ1n) is 8.93. The zero-order valence-electron chi connectivity index (χ0n) is 14.7. The SMILES string of the molecule is CC[C@H]1CN(C(=O)CNc2cc(Cl)ccc2N2CCOCC2)CCO1. The van der Waals surface area contributed by atoms with E-state index in [1.165, 1.54) is 0 Å². The Hall–Kier alpha value is -1.50. The Bertz CT molecular complexity index is 593. The van der Waals surface area contributed by atoms with Gasteiger partial charge in [-0.1, -0.05) is 18.5 Å². The van der Waals surface area contributed by atoms with Crippen molar-refractivity contribution in [1.82, 2.24) is 4.90 Å². The van der Waals surface area contributed by atoms with Gasteiger partial charge in [0.1, 0.15) is 0 Å². The normalized spacial score (nSPS) is 21.3. The highest BCUT2D eigenvalue weighted by Gasteiger charge is 2.23. The van der Waals surface area contributed by atoms with Crippen LogP contribution in [0.2, 0.25) is 5.02 Å². The van der Waals surface area contributed by atoms with Crippen molar-refractivity contribution in [1.29, 1.82) is 0 Å². The van der Waals surface area contributed by atoms with Gasteiger partial charge in [0.15, 0.2) is 0 Å². The van der Waals surface area contributed by atoms with E-state index >= 15 is 0 Å². The molecular formula is C18H26ClN3O3. The summed E-state index contributed by atoms with van der Waals surface area (Å²) in [5.74, 6) is 0.0923. The van der Waals surface area contributed by atoms with Crippen LogP contribution in [0.3, 0.4) is 0 Å². The fourth-order valence-corrected chi connectivity index (χ4v) is 3.38. The molecule has 0 aliphatic carbocycles. The van der Waals surface area contributed by atoms with Gasteiger partial charge in [-0.25, -0.2) is 0 Å². The highest BCUT2D eigenvalue weighted by Crippen LogP contribution is 2.29. The van der Waals surface area contributed by atoms with Crippen LogP contribution in [0, 0.1) is 0 Å². The van der Waals surface area contributed by atoms with Gasteiger partial charge in [-0.3, -0.25) is 4.79 Å². The molecule has 1 aromatic rings. The lowest BCUT2D eigenvalue weighted by atomic mass is 10.2. The number of carbonyl (C=O) groups is 1. The molecule has 1 atom stereocenters. The van der Waals surface area contributed by atoms with Crippen LogP contribution >= 0.6 is 11.6 Å². The van der Waals surface area contributed by atoms with Crippen LogP contribution in [-0.2, 0) is 14.3 Å². The Morgan fingerprint density at radius 2 is 2.08 bits per heavy atom. The lowest BCUT2D eigenvalue weighted by molar-refractivity contribution is -0.136. The third-order valence-corrected chi connectivity index (χ3v) is 4.92. The molecule has 138 valence electrons. The number of halogens is 1. The Balaban J connectivity index is 1.63. The fraction of sp³-hybridized carbons (Fsp3) is 0.611. The summed E-state index contributed by atoms with van der Waals surface area (Å²) in [6, 6.07) is 5.77. The molecule has 3 rings (SSSR count). The number of anilines is 2. The molecule has 0 unspecified atom stereocenters. The van der Waals surface area contributed by atoms with Crippen molar-refractivity contribution >= 4 is 28.9 Å². The van der Waals surface area contributed by atoms with Gasteiger partial charge in [0, 0.05) is 31.2 Å². The number of ether oxygens (including phenoxy) is 2. The zero-order chi connectivity index (χ0) is 17.6. The molecule has 2 heterocycles. The molecule has 0 spiro atoms. The van der Waals surface area contributed by atoms with Crippen LogP contribution in [0.1, 0.15) is 13.3 Å². The molecule has 2 saturated heterocycles. The van der Waals surface area contributed by atoms with Gasteiger partial charge in [0.2, 0.25) is 5.91 Å². The average molecular weight is 368 g/mol. The van der Waals surface area contributed by atoms with Crippen molar-refractivity contribution in [3.63, 3.8) is 0 Å². The number of benzene rings is 1. The van der Waals surface area contributed by atoms with Crippen LogP contribution < -0.4 is 10.2 Å². The second-order valence-electron chi connectivity index (χ2n) is 6.36. The van der Waals surface area contributed by atoms with Crippen LogP contribution in [0.15, 0.2) is 18.2 Å². The van der Waals surface area contributed by atoms with E-state index in [1.807, 2.05) is 23.1 Å². The van der Waals surface area contributed by atoms with Crippen LogP contribution in [0.25, 0.3) is 0 Å². The number of amides is 1. The number of hydrogen-bond acceptors (Lipinski definition) is 5. The van der Waals surface area contributed by atoms with Crippen LogP contribution in [0.4, 0.5) is 11.4 Å². The Morgan fingerprint density at radius 3 is 2.84 bits per heavy atom. The maximum absolute atomic E-state index is 12.5. The third kappa shape index (κ3) is 4.77. The van der Waals surface area contributed by atoms with Gasteiger partial charge >= 0.3 is 0 Å².